The zero-order valence-electron chi connectivity index (χ0n) is 13.2. The zero-order chi connectivity index (χ0) is 16.2. The van der Waals surface area contributed by atoms with Crippen molar-refractivity contribution < 1.29 is 19.1 Å². The molecule has 1 amide bonds. The first-order valence-corrected chi connectivity index (χ1v) is 7.95. The van der Waals surface area contributed by atoms with Crippen LogP contribution in [0.15, 0.2) is 36.4 Å². The number of benzene rings is 1. The van der Waals surface area contributed by atoms with Crippen molar-refractivity contribution in [3.8, 4) is 0 Å². The lowest BCUT2D eigenvalue weighted by Gasteiger charge is -2.22. The van der Waals surface area contributed by atoms with Gasteiger partial charge in [-0.3, -0.25) is 9.59 Å². The van der Waals surface area contributed by atoms with Gasteiger partial charge in [0.1, 0.15) is 11.5 Å². The van der Waals surface area contributed by atoms with Gasteiger partial charge in [0.05, 0.1) is 25.7 Å². The molecular formula is C18H19NO4. The van der Waals surface area contributed by atoms with E-state index in [1.807, 2.05) is 36.4 Å². The highest BCUT2D eigenvalue weighted by Crippen LogP contribution is 2.52. The molecule has 5 nitrogen and oxygen atoms in total. The fraction of sp³-hybridized carbons (Fsp3) is 0.444. The first-order chi connectivity index (χ1) is 11.1. The summed E-state index contributed by atoms with van der Waals surface area (Å²) in [6.07, 6.45) is 4.44. The predicted molar refractivity (Wildman–Crippen MR) is 83.9 cm³/mol. The second-order valence-electron chi connectivity index (χ2n) is 6.37. The van der Waals surface area contributed by atoms with Crippen LogP contribution >= 0.6 is 0 Å². The number of anilines is 1. The van der Waals surface area contributed by atoms with E-state index in [0.717, 1.165) is 12.1 Å². The van der Waals surface area contributed by atoms with Crippen molar-refractivity contribution >= 4 is 17.6 Å². The quantitative estimate of drug-likeness (QED) is 0.630. The van der Waals surface area contributed by atoms with Crippen LogP contribution in [0.25, 0.3) is 0 Å². The summed E-state index contributed by atoms with van der Waals surface area (Å²) in [7, 11) is 1.35. The summed E-state index contributed by atoms with van der Waals surface area (Å²) in [5.41, 5.74) is 1.38. The number of methoxy groups -OCH3 is 1. The number of nitrogens with zero attached hydrogens (tertiary/aromatic N) is 1. The van der Waals surface area contributed by atoms with Crippen molar-refractivity contribution in [2.24, 2.45) is 11.8 Å². The Kier molecular flexibility index (Phi) is 3.10. The Bertz CT molecular complexity index is 695. The fourth-order valence-corrected chi connectivity index (χ4v) is 4.03. The van der Waals surface area contributed by atoms with Gasteiger partial charge in [0.25, 0.3) is 0 Å². The molecule has 2 saturated heterocycles. The second kappa shape index (κ2) is 4.93. The van der Waals surface area contributed by atoms with Gasteiger partial charge >= 0.3 is 5.97 Å². The van der Waals surface area contributed by atoms with E-state index < -0.39 is 17.4 Å². The van der Waals surface area contributed by atoms with Gasteiger partial charge in [-0.25, -0.2) is 0 Å². The van der Waals surface area contributed by atoms with Crippen molar-refractivity contribution in [2.75, 3.05) is 18.6 Å². The van der Waals surface area contributed by atoms with Crippen LogP contribution in [-0.4, -0.2) is 37.2 Å². The first kappa shape index (κ1) is 14.5. The van der Waals surface area contributed by atoms with Gasteiger partial charge in [0.2, 0.25) is 5.91 Å². The van der Waals surface area contributed by atoms with E-state index in [1.54, 1.807) is 4.90 Å². The molecule has 23 heavy (non-hydrogen) atoms. The Labute approximate surface area is 134 Å². The average molecular weight is 313 g/mol. The number of carbonyl (C=O) groups is 2. The van der Waals surface area contributed by atoms with Gasteiger partial charge in [-0.15, -0.1) is 0 Å². The molecule has 2 fully saturated rings. The Hall–Kier alpha value is -2.14. The molecule has 0 aromatic heterocycles. The van der Waals surface area contributed by atoms with Gasteiger partial charge in [0, 0.05) is 5.69 Å². The monoisotopic (exact) mass is 313 g/mol. The van der Waals surface area contributed by atoms with E-state index in [1.165, 1.54) is 12.7 Å². The minimum Gasteiger partial charge on any atom is -0.469 e. The molecule has 3 aliphatic heterocycles. The van der Waals surface area contributed by atoms with Crippen LogP contribution in [0.1, 0.15) is 12.5 Å². The van der Waals surface area contributed by atoms with Crippen LogP contribution in [0.5, 0.6) is 0 Å². The van der Waals surface area contributed by atoms with Crippen molar-refractivity contribution in [1.29, 1.82) is 0 Å². The molecule has 3 aliphatic rings. The molecule has 0 radical (unpaired) electrons. The Balaban J connectivity index is 1.68. The van der Waals surface area contributed by atoms with Crippen LogP contribution in [0, 0.1) is 11.8 Å². The summed E-state index contributed by atoms with van der Waals surface area (Å²) in [4.78, 5) is 26.8. The van der Waals surface area contributed by atoms with Crippen LogP contribution in [0.3, 0.4) is 0 Å². The standard InChI is InChI=1S/C18H19NO4/c1-3-11-4-6-12(7-5-11)19-10-18-9-8-13(23-18)14(17(21)22-2)15(18)16(19)20/h4-9,13-15H,3,10H2,1-2H3/t13-,14+,15-,18-/m1/s1. The molecule has 0 saturated carbocycles. The number of fused-ring (bicyclic) bond motifs is 1. The molecule has 4 atom stereocenters. The SMILES string of the molecule is CCc1ccc(N2C[C@@]34C=C[C@@H](O3)[C@H](C(=O)OC)[C@@H]4C2=O)cc1. The molecule has 1 spiro atoms. The van der Waals surface area contributed by atoms with E-state index in [9.17, 15) is 9.59 Å². The van der Waals surface area contributed by atoms with Crippen LogP contribution in [0.2, 0.25) is 0 Å². The lowest BCUT2D eigenvalue weighted by atomic mass is 9.77. The van der Waals surface area contributed by atoms with Crippen molar-refractivity contribution in [3.63, 3.8) is 0 Å². The minimum absolute atomic E-state index is 0.0588. The molecule has 1 aromatic rings. The lowest BCUT2D eigenvalue weighted by molar-refractivity contribution is -0.149. The second-order valence-corrected chi connectivity index (χ2v) is 6.37. The van der Waals surface area contributed by atoms with Crippen molar-refractivity contribution in [2.45, 2.75) is 25.0 Å². The van der Waals surface area contributed by atoms with E-state index in [2.05, 4.69) is 6.92 Å². The highest BCUT2D eigenvalue weighted by Gasteiger charge is 2.67. The summed E-state index contributed by atoms with van der Waals surface area (Å²) in [6.45, 7) is 2.54. The van der Waals surface area contributed by atoms with Crippen LogP contribution < -0.4 is 4.90 Å². The van der Waals surface area contributed by atoms with Crippen molar-refractivity contribution in [1.82, 2.24) is 0 Å². The number of rotatable bonds is 3. The Morgan fingerprint density at radius 2 is 2.13 bits per heavy atom. The van der Waals surface area contributed by atoms with Gasteiger partial charge in [-0.2, -0.15) is 0 Å². The first-order valence-electron chi connectivity index (χ1n) is 7.95. The number of hydrogen-bond donors (Lipinski definition) is 0. The number of esters is 1. The number of carbonyl (C=O) groups excluding carboxylic acids is 2. The minimum atomic E-state index is -0.690. The highest BCUT2D eigenvalue weighted by molar-refractivity contribution is 6.02. The van der Waals surface area contributed by atoms with Gasteiger partial charge in [-0.05, 0) is 24.1 Å². The molecule has 120 valence electrons. The summed E-state index contributed by atoms with van der Waals surface area (Å²) in [5, 5.41) is 0. The van der Waals surface area contributed by atoms with Crippen molar-refractivity contribution in [3.05, 3.63) is 42.0 Å². The normalized spacial score (nSPS) is 34.1. The summed E-state index contributed by atoms with van der Waals surface area (Å²) in [5.74, 6) is -1.47. The van der Waals surface area contributed by atoms with Crippen LogP contribution in [-0.2, 0) is 25.5 Å². The fourth-order valence-electron chi connectivity index (χ4n) is 4.03. The third-order valence-corrected chi connectivity index (χ3v) is 5.23. The maximum Gasteiger partial charge on any atom is 0.312 e. The van der Waals surface area contributed by atoms with Gasteiger partial charge in [-0.1, -0.05) is 31.2 Å². The maximum absolute atomic E-state index is 13.0. The highest BCUT2D eigenvalue weighted by atomic mass is 16.5. The lowest BCUT2D eigenvalue weighted by Crippen LogP contribution is -2.39. The average Bonchev–Trinajstić information content (AvgIpc) is 3.22. The number of aryl methyl sites for hydroxylation is 1. The number of amides is 1. The molecule has 5 heteroatoms. The van der Waals surface area contributed by atoms with E-state index in [-0.39, 0.29) is 18.0 Å². The molecule has 2 bridgehead atoms. The van der Waals surface area contributed by atoms with Gasteiger partial charge in [0.15, 0.2) is 0 Å². The molecule has 0 N–H and O–H groups in total. The number of hydrogen-bond acceptors (Lipinski definition) is 4. The van der Waals surface area contributed by atoms with E-state index >= 15 is 0 Å². The summed E-state index contributed by atoms with van der Waals surface area (Å²) in [6, 6.07) is 7.97. The zero-order valence-corrected chi connectivity index (χ0v) is 13.2. The summed E-state index contributed by atoms with van der Waals surface area (Å²) >= 11 is 0. The smallest absolute Gasteiger partial charge is 0.312 e. The Morgan fingerprint density at radius 3 is 2.78 bits per heavy atom. The van der Waals surface area contributed by atoms with E-state index in [4.69, 9.17) is 9.47 Å². The van der Waals surface area contributed by atoms with E-state index in [0.29, 0.717) is 6.54 Å². The Morgan fingerprint density at radius 1 is 1.39 bits per heavy atom. The third-order valence-electron chi connectivity index (χ3n) is 5.23. The predicted octanol–water partition coefficient (Wildman–Crippen LogP) is 1.71. The summed E-state index contributed by atoms with van der Waals surface area (Å²) < 4.78 is 10.9. The molecule has 4 rings (SSSR count). The topological polar surface area (TPSA) is 55.8 Å². The third kappa shape index (κ3) is 1.89. The molecule has 0 aliphatic carbocycles. The number of ether oxygens (including phenoxy) is 2. The molecule has 3 heterocycles. The maximum atomic E-state index is 13.0. The molecule has 1 aromatic carbocycles. The van der Waals surface area contributed by atoms with Crippen LogP contribution in [0.4, 0.5) is 5.69 Å². The van der Waals surface area contributed by atoms with Gasteiger partial charge < -0.3 is 14.4 Å². The molecule has 0 unspecified atom stereocenters. The molecular weight excluding hydrogens is 294 g/mol. The largest absolute Gasteiger partial charge is 0.469 e.